The SMILES string of the molecule is CC[C@H]1C(=O)OCc2c1cc1n(c2=O)CC2=CC3=C(CNC)C=CCC3N=C21. The third kappa shape index (κ3) is 2.41. The van der Waals surface area contributed by atoms with Gasteiger partial charge in [0.25, 0.3) is 5.56 Å². The van der Waals surface area contributed by atoms with Crippen molar-refractivity contribution in [1.82, 2.24) is 9.88 Å². The number of cyclic esters (lactones) is 1. The van der Waals surface area contributed by atoms with Gasteiger partial charge in [-0.2, -0.15) is 0 Å². The van der Waals surface area contributed by atoms with Crippen molar-refractivity contribution in [2.75, 3.05) is 13.6 Å². The fourth-order valence-corrected chi connectivity index (χ4v) is 4.73. The number of pyridine rings is 1. The predicted octanol–water partition coefficient (Wildman–Crippen LogP) is 1.99. The van der Waals surface area contributed by atoms with E-state index in [1.165, 1.54) is 11.1 Å². The van der Waals surface area contributed by atoms with Crippen LogP contribution in [0.5, 0.6) is 0 Å². The van der Waals surface area contributed by atoms with E-state index < -0.39 is 0 Å². The summed E-state index contributed by atoms with van der Waals surface area (Å²) in [6.45, 7) is 3.34. The molecule has 1 aromatic rings. The smallest absolute Gasteiger partial charge is 0.313 e. The number of aliphatic imine (C=N–C) groups is 1. The standard InChI is InChI=1S/C22H23N3O3/c1-3-14-16-8-19-20-13(10-25(19)21(26)17(16)11-28-22(14)27)7-15-12(9-23-2)5-4-6-18(15)24-20/h4-5,7-8,14,18,23H,3,6,9-11H2,1-2H3/t14-,18?/m1/s1. The highest BCUT2D eigenvalue weighted by Gasteiger charge is 2.36. The molecule has 0 fully saturated rings. The predicted molar refractivity (Wildman–Crippen MR) is 107 cm³/mol. The summed E-state index contributed by atoms with van der Waals surface area (Å²) in [5.74, 6) is -0.604. The van der Waals surface area contributed by atoms with Gasteiger partial charge < -0.3 is 14.6 Å². The van der Waals surface area contributed by atoms with Crippen molar-refractivity contribution in [3.8, 4) is 0 Å². The zero-order valence-electron chi connectivity index (χ0n) is 16.1. The second-order valence-corrected chi connectivity index (χ2v) is 7.74. The maximum Gasteiger partial charge on any atom is 0.313 e. The number of aromatic nitrogens is 1. The van der Waals surface area contributed by atoms with Crippen LogP contribution in [0.3, 0.4) is 0 Å². The maximum absolute atomic E-state index is 13.2. The summed E-state index contributed by atoms with van der Waals surface area (Å²) in [5, 5.41) is 3.22. The number of carbonyl (C=O) groups excluding carboxylic acids is 1. The first kappa shape index (κ1) is 17.4. The summed E-state index contributed by atoms with van der Waals surface area (Å²) in [7, 11) is 1.94. The average molecular weight is 377 g/mol. The molecule has 2 atom stereocenters. The van der Waals surface area contributed by atoms with Crippen LogP contribution in [0.25, 0.3) is 0 Å². The lowest BCUT2D eigenvalue weighted by atomic mass is 9.87. The quantitative estimate of drug-likeness (QED) is 0.818. The number of likely N-dealkylation sites (N-methyl/N-ethyl adjacent to an activating group) is 1. The van der Waals surface area contributed by atoms with Crippen LogP contribution in [-0.4, -0.2) is 35.9 Å². The van der Waals surface area contributed by atoms with Gasteiger partial charge in [-0.05, 0) is 54.3 Å². The van der Waals surface area contributed by atoms with Crippen LogP contribution in [0, 0.1) is 0 Å². The van der Waals surface area contributed by atoms with E-state index in [1.807, 2.05) is 20.0 Å². The normalized spacial score (nSPS) is 24.7. The van der Waals surface area contributed by atoms with Crippen molar-refractivity contribution >= 4 is 11.7 Å². The lowest BCUT2D eigenvalue weighted by Crippen LogP contribution is -2.33. The Morgan fingerprint density at radius 3 is 3.00 bits per heavy atom. The number of esters is 1. The molecule has 28 heavy (non-hydrogen) atoms. The second kappa shape index (κ2) is 6.41. The highest BCUT2D eigenvalue weighted by molar-refractivity contribution is 6.15. The molecule has 0 saturated heterocycles. The molecule has 0 spiro atoms. The summed E-state index contributed by atoms with van der Waals surface area (Å²) in [5.41, 5.74) is 6.70. The van der Waals surface area contributed by atoms with Gasteiger partial charge in [-0.15, -0.1) is 0 Å². The van der Waals surface area contributed by atoms with Crippen molar-refractivity contribution in [1.29, 1.82) is 0 Å². The molecule has 1 aromatic heterocycles. The molecule has 0 amide bonds. The lowest BCUT2D eigenvalue weighted by molar-refractivity contribution is -0.148. The molecule has 1 N–H and O–H groups in total. The monoisotopic (exact) mass is 377 g/mol. The highest BCUT2D eigenvalue weighted by Crippen LogP contribution is 2.36. The average Bonchev–Trinajstić information content (AvgIpc) is 3.05. The minimum atomic E-state index is -0.366. The summed E-state index contributed by atoms with van der Waals surface area (Å²) in [6.07, 6.45) is 8.05. The van der Waals surface area contributed by atoms with Gasteiger partial charge in [0.15, 0.2) is 0 Å². The molecule has 3 aliphatic heterocycles. The number of ether oxygens (including phenoxy) is 1. The summed E-state index contributed by atoms with van der Waals surface area (Å²) in [4.78, 5) is 30.4. The molecule has 0 radical (unpaired) electrons. The number of rotatable bonds is 3. The van der Waals surface area contributed by atoms with Gasteiger partial charge in [0.1, 0.15) is 6.61 Å². The molecule has 6 nitrogen and oxygen atoms in total. The lowest BCUT2D eigenvalue weighted by Gasteiger charge is -2.25. The zero-order valence-corrected chi connectivity index (χ0v) is 16.1. The Bertz CT molecular complexity index is 1070. The van der Waals surface area contributed by atoms with E-state index in [4.69, 9.17) is 9.73 Å². The van der Waals surface area contributed by atoms with Crippen LogP contribution < -0.4 is 10.9 Å². The van der Waals surface area contributed by atoms with E-state index in [0.29, 0.717) is 18.5 Å². The van der Waals surface area contributed by atoms with Gasteiger partial charge in [0.05, 0.1) is 35.5 Å². The first-order valence-electron chi connectivity index (χ1n) is 9.89. The Hall–Kier alpha value is -2.73. The molecule has 144 valence electrons. The summed E-state index contributed by atoms with van der Waals surface area (Å²) < 4.78 is 7.06. The van der Waals surface area contributed by atoms with E-state index in [1.54, 1.807) is 4.57 Å². The molecule has 1 unspecified atom stereocenters. The van der Waals surface area contributed by atoms with Gasteiger partial charge in [-0.25, -0.2) is 0 Å². The van der Waals surface area contributed by atoms with Gasteiger partial charge in [-0.3, -0.25) is 14.6 Å². The molecule has 0 saturated carbocycles. The molecule has 1 aliphatic carbocycles. The second-order valence-electron chi connectivity index (χ2n) is 7.74. The van der Waals surface area contributed by atoms with Crippen LogP contribution in [0.4, 0.5) is 0 Å². The van der Waals surface area contributed by atoms with E-state index in [0.717, 1.165) is 35.5 Å². The molecule has 0 aromatic carbocycles. The van der Waals surface area contributed by atoms with Crippen molar-refractivity contribution < 1.29 is 9.53 Å². The number of hydrogen-bond acceptors (Lipinski definition) is 5. The first-order valence-corrected chi connectivity index (χ1v) is 9.89. The molecule has 5 rings (SSSR count). The first-order chi connectivity index (χ1) is 13.6. The Morgan fingerprint density at radius 1 is 1.36 bits per heavy atom. The van der Waals surface area contributed by atoms with Crippen molar-refractivity contribution in [2.24, 2.45) is 4.99 Å². The van der Waals surface area contributed by atoms with Gasteiger partial charge in [0.2, 0.25) is 0 Å². The van der Waals surface area contributed by atoms with E-state index in [2.05, 4.69) is 23.5 Å². The van der Waals surface area contributed by atoms with Gasteiger partial charge >= 0.3 is 5.97 Å². The maximum atomic E-state index is 13.2. The topological polar surface area (TPSA) is 72.7 Å². The van der Waals surface area contributed by atoms with Crippen LogP contribution in [0.2, 0.25) is 0 Å². The number of dihydropyridines is 1. The minimum absolute atomic E-state index is 0.0537. The van der Waals surface area contributed by atoms with Gasteiger partial charge in [0, 0.05) is 6.54 Å². The fraction of sp³-hybridized carbons (Fsp3) is 0.409. The third-order valence-corrected chi connectivity index (χ3v) is 6.13. The Labute approximate surface area is 163 Å². The number of nitrogens with zero attached hydrogens (tertiary/aromatic N) is 2. The molecule has 4 heterocycles. The largest absolute Gasteiger partial charge is 0.460 e. The van der Waals surface area contributed by atoms with Crippen LogP contribution >= 0.6 is 0 Å². The third-order valence-electron chi connectivity index (χ3n) is 6.13. The highest BCUT2D eigenvalue weighted by atomic mass is 16.5. The van der Waals surface area contributed by atoms with E-state index in [-0.39, 0.29) is 30.1 Å². The van der Waals surface area contributed by atoms with Crippen molar-refractivity contribution in [3.05, 3.63) is 68.2 Å². The molecule has 0 bridgehead atoms. The van der Waals surface area contributed by atoms with E-state index in [9.17, 15) is 9.59 Å². The number of fused-ring (bicyclic) bond motifs is 5. The zero-order chi connectivity index (χ0) is 19.4. The molecule has 6 heteroatoms. The molecular weight excluding hydrogens is 354 g/mol. The van der Waals surface area contributed by atoms with Crippen LogP contribution in [0.15, 0.2) is 50.8 Å². The van der Waals surface area contributed by atoms with E-state index >= 15 is 0 Å². The van der Waals surface area contributed by atoms with Gasteiger partial charge in [-0.1, -0.05) is 19.1 Å². The molecular formula is C22H23N3O3. The summed E-state index contributed by atoms with van der Waals surface area (Å²) >= 11 is 0. The Kier molecular flexibility index (Phi) is 3.98. The number of carbonyl (C=O) groups is 1. The van der Waals surface area contributed by atoms with Crippen molar-refractivity contribution in [3.63, 3.8) is 0 Å². The fourth-order valence-electron chi connectivity index (χ4n) is 4.73. The van der Waals surface area contributed by atoms with Crippen LogP contribution in [0.1, 0.15) is 42.5 Å². The van der Waals surface area contributed by atoms with Crippen molar-refractivity contribution in [2.45, 2.75) is 44.9 Å². The Morgan fingerprint density at radius 2 is 2.21 bits per heavy atom. The molecule has 4 aliphatic rings. The van der Waals surface area contributed by atoms with Crippen LogP contribution in [-0.2, 0) is 22.7 Å². The number of nitrogens with one attached hydrogen (secondary N) is 1. The summed E-state index contributed by atoms with van der Waals surface area (Å²) in [6, 6.07) is 2.10. The minimum Gasteiger partial charge on any atom is -0.460 e. The number of allylic oxidation sites excluding steroid dienone is 1. The number of hydrogen-bond donors (Lipinski definition) is 1. The Balaban J connectivity index is 1.66.